The van der Waals surface area contributed by atoms with Crippen LogP contribution in [0.25, 0.3) is 0 Å². The average Bonchev–Trinajstić information content (AvgIpc) is 2.60. The molecule has 2 rings (SSSR count). The van der Waals surface area contributed by atoms with Crippen LogP contribution in [0.2, 0.25) is 0 Å². The third-order valence-corrected chi connectivity index (χ3v) is 4.30. The molecule has 1 amide bonds. The second-order valence-corrected chi connectivity index (χ2v) is 6.20. The van der Waals surface area contributed by atoms with Gasteiger partial charge in [0.05, 0.1) is 5.92 Å². The summed E-state index contributed by atoms with van der Waals surface area (Å²) in [7, 11) is 0. The van der Waals surface area contributed by atoms with Crippen LogP contribution in [0.3, 0.4) is 0 Å². The van der Waals surface area contributed by atoms with Crippen molar-refractivity contribution < 1.29 is 19.1 Å². The maximum atomic E-state index is 13.6. The van der Waals surface area contributed by atoms with Gasteiger partial charge in [-0.3, -0.25) is 9.59 Å². The molecule has 0 radical (unpaired) electrons. The van der Waals surface area contributed by atoms with E-state index in [-0.39, 0.29) is 17.6 Å². The Hall–Kier alpha value is -2.69. The lowest BCUT2D eigenvalue weighted by Gasteiger charge is -2.13. The van der Waals surface area contributed by atoms with Crippen molar-refractivity contribution in [2.45, 2.75) is 32.6 Å². The molecule has 0 saturated heterocycles. The number of rotatable bonds is 7. The molecular formula is C20H22FNO3. The molecule has 0 fully saturated rings. The summed E-state index contributed by atoms with van der Waals surface area (Å²) >= 11 is 0. The first-order valence-corrected chi connectivity index (χ1v) is 8.25. The van der Waals surface area contributed by atoms with Gasteiger partial charge < -0.3 is 10.4 Å². The van der Waals surface area contributed by atoms with Crippen molar-refractivity contribution in [1.82, 2.24) is 0 Å². The van der Waals surface area contributed by atoms with E-state index in [4.69, 9.17) is 5.11 Å². The van der Waals surface area contributed by atoms with Crippen molar-refractivity contribution in [3.63, 3.8) is 0 Å². The Morgan fingerprint density at radius 1 is 1.08 bits per heavy atom. The molecule has 0 aromatic heterocycles. The molecule has 0 aliphatic carbocycles. The van der Waals surface area contributed by atoms with Crippen LogP contribution >= 0.6 is 0 Å². The first-order valence-electron chi connectivity index (χ1n) is 8.25. The monoisotopic (exact) mass is 343 g/mol. The van der Waals surface area contributed by atoms with Crippen molar-refractivity contribution in [3.8, 4) is 0 Å². The lowest BCUT2D eigenvalue weighted by Crippen LogP contribution is -2.21. The molecule has 2 aromatic rings. The van der Waals surface area contributed by atoms with Crippen molar-refractivity contribution >= 4 is 17.6 Å². The molecule has 0 heterocycles. The molecule has 2 atom stereocenters. The van der Waals surface area contributed by atoms with Crippen molar-refractivity contribution in [2.75, 3.05) is 5.32 Å². The van der Waals surface area contributed by atoms with Gasteiger partial charge in [-0.1, -0.05) is 37.3 Å². The van der Waals surface area contributed by atoms with E-state index < -0.39 is 11.9 Å². The maximum Gasteiger partial charge on any atom is 0.310 e. The number of carbonyl (C=O) groups is 2. The van der Waals surface area contributed by atoms with E-state index in [2.05, 4.69) is 5.32 Å². The molecule has 5 heteroatoms. The summed E-state index contributed by atoms with van der Waals surface area (Å²) in [6.45, 7) is 3.41. The van der Waals surface area contributed by atoms with Gasteiger partial charge in [-0.2, -0.15) is 0 Å². The topological polar surface area (TPSA) is 66.4 Å². The molecule has 0 spiro atoms. The van der Waals surface area contributed by atoms with Crippen LogP contribution in [-0.2, 0) is 16.0 Å². The number of aliphatic carboxylic acids is 1. The normalized spacial score (nSPS) is 13.1. The predicted molar refractivity (Wildman–Crippen MR) is 95.0 cm³/mol. The summed E-state index contributed by atoms with van der Waals surface area (Å²) in [6, 6.07) is 13.3. The fourth-order valence-corrected chi connectivity index (χ4v) is 2.47. The van der Waals surface area contributed by atoms with Gasteiger partial charge in [0.25, 0.3) is 0 Å². The van der Waals surface area contributed by atoms with E-state index in [1.165, 1.54) is 6.07 Å². The van der Waals surface area contributed by atoms with Gasteiger partial charge >= 0.3 is 5.97 Å². The number of hydrogen-bond acceptors (Lipinski definition) is 2. The van der Waals surface area contributed by atoms with Gasteiger partial charge in [0.15, 0.2) is 0 Å². The number of carboxylic acids is 1. The molecule has 2 aromatic carbocycles. The van der Waals surface area contributed by atoms with Gasteiger partial charge in [0, 0.05) is 11.6 Å². The number of nitrogens with one attached hydrogen (secondary N) is 1. The highest BCUT2D eigenvalue weighted by atomic mass is 19.1. The summed E-state index contributed by atoms with van der Waals surface area (Å²) in [5.74, 6) is -2.14. The zero-order chi connectivity index (χ0) is 18.4. The molecule has 0 aliphatic rings. The summed E-state index contributed by atoms with van der Waals surface area (Å²) in [5, 5.41) is 11.8. The fourth-order valence-electron chi connectivity index (χ4n) is 2.47. The van der Waals surface area contributed by atoms with Crippen LogP contribution in [0.15, 0.2) is 48.5 Å². The largest absolute Gasteiger partial charge is 0.481 e. The Morgan fingerprint density at radius 3 is 2.32 bits per heavy atom. The summed E-state index contributed by atoms with van der Waals surface area (Å²) in [5.41, 5.74) is 1.90. The number of benzene rings is 2. The SMILES string of the molecule is CC(CCc1ccccc1F)C(=O)Nc1ccc(C(C)C(=O)O)cc1. The van der Waals surface area contributed by atoms with E-state index in [9.17, 15) is 14.0 Å². The zero-order valence-corrected chi connectivity index (χ0v) is 14.3. The Balaban J connectivity index is 1.90. The van der Waals surface area contributed by atoms with Crippen molar-refractivity contribution in [2.24, 2.45) is 5.92 Å². The van der Waals surface area contributed by atoms with Crippen LogP contribution in [0.5, 0.6) is 0 Å². The Bertz CT molecular complexity index is 743. The second kappa shape index (κ2) is 8.42. The third-order valence-electron chi connectivity index (χ3n) is 4.30. The Labute approximate surface area is 146 Å². The van der Waals surface area contributed by atoms with Gasteiger partial charge in [-0.15, -0.1) is 0 Å². The number of carbonyl (C=O) groups excluding carboxylic acids is 1. The average molecular weight is 343 g/mol. The van der Waals surface area contributed by atoms with Crippen molar-refractivity contribution in [1.29, 1.82) is 0 Å². The number of hydrogen-bond donors (Lipinski definition) is 2. The van der Waals surface area contributed by atoms with Crippen molar-refractivity contribution in [3.05, 3.63) is 65.5 Å². The number of amides is 1. The summed E-state index contributed by atoms with van der Waals surface area (Å²) in [4.78, 5) is 23.2. The number of halogens is 1. The molecule has 132 valence electrons. The first kappa shape index (κ1) is 18.6. The highest BCUT2D eigenvalue weighted by Crippen LogP contribution is 2.19. The Morgan fingerprint density at radius 2 is 1.72 bits per heavy atom. The smallest absolute Gasteiger partial charge is 0.310 e. The van der Waals surface area contributed by atoms with E-state index in [1.54, 1.807) is 56.3 Å². The quantitative estimate of drug-likeness (QED) is 0.791. The molecule has 0 saturated carbocycles. The van der Waals surface area contributed by atoms with Gasteiger partial charge in [0.2, 0.25) is 5.91 Å². The molecular weight excluding hydrogens is 321 g/mol. The maximum absolute atomic E-state index is 13.6. The molecule has 2 N–H and O–H groups in total. The molecule has 0 bridgehead atoms. The zero-order valence-electron chi connectivity index (χ0n) is 14.3. The van der Waals surface area contributed by atoms with E-state index in [0.717, 1.165) is 0 Å². The molecule has 25 heavy (non-hydrogen) atoms. The number of aryl methyl sites for hydroxylation is 1. The predicted octanol–water partition coefficient (Wildman–Crippen LogP) is 4.22. The standard InChI is InChI=1S/C20H22FNO3/c1-13(7-8-16-5-3-4-6-18(16)21)19(23)22-17-11-9-15(10-12-17)14(2)20(24)25/h3-6,9-14H,7-8H2,1-2H3,(H,22,23)(H,24,25). The van der Waals surface area contributed by atoms with Crippen LogP contribution < -0.4 is 5.32 Å². The van der Waals surface area contributed by atoms with E-state index in [1.807, 2.05) is 0 Å². The van der Waals surface area contributed by atoms with Crippen LogP contribution in [0.1, 0.15) is 37.3 Å². The summed E-state index contributed by atoms with van der Waals surface area (Å²) in [6.07, 6.45) is 1.04. The number of anilines is 1. The number of carboxylic acid groups (broad SMARTS) is 1. The molecule has 2 unspecified atom stereocenters. The molecule has 4 nitrogen and oxygen atoms in total. The van der Waals surface area contributed by atoms with Crippen LogP contribution in [0, 0.1) is 11.7 Å². The minimum absolute atomic E-state index is 0.143. The minimum Gasteiger partial charge on any atom is -0.481 e. The van der Waals surface area contributed by atoms with Gasteiger partial charge in [-0.25, -0.2) is 4.39 Å². The second-order valence-electron chi connectivity index (χ2n) is 6.20. The lowest BCUT2D eigenvalue weighted by atomic mass is 9.99. The molecule has 0 aliphatic heterocycles. The van der Waals surface area contributed by atoms with Crippen LogP contribution in [-0.4, -0.2) is 17.0 Å². The van der Waals surface area contributed by atoms with Gasteiger partial charge in [-0.05, 0) is 49.1 Å². The lowest BCUT2D eigenvalue weighted by molar-refractivity contribution is -0.138. The minimum atomic E-state index is -0.890. The Kier molecular flexibility index (Phi) is 6.28. The van der Waals surface area contributed by atoms with Gasteiger partial charge in [0.1, 0.15) is 5.82 Å². The third kappa shape index (κ3) is 5.14. The highest BCUT2D eigenvalue weighted by Gasteiger charge is 2.16. The fraction of sp³-hybridized carbons (Fsp3) is 0.300. The van der Waals surface area contributed by atoms with Crippen LogP contribution in [0.4, 0.5) is 10.1 Å². The summed E-state index contributed by atoms with van der Waals surface area (Å²) < 4.78 is 13.6. The first-order chi connectivity index (χ1) is 11.9. The van der Waals surface area contributed by atoms with E-state index >= 15 is 0 Å². The highest BCUT2D eigenvalue weighted by molar-refractivity contribution is 5.92. The van der Waals surface area contributed by atoms with E-state index in [0.29, 0.717) is 29.7 Å².